The average Bonchev–Trinajstić information content (AvgIpc) is 2.92. The fourth-order valence-corrected chi connectivity index (χ4v) is 2.92. The van der Waals surface area contributed by atoms with Crippen LogP contribution >= 0.6 is 0 Å². The first-order chi connectivity index (χ1) is 12.3. The van der Waals surface area contributed by atoms with Crippen LogP contribution in [0.2, 0.25) is 0 Å². The lowest BCUT2D eigenvalue weighted by Gasteiger charge is -2.06. The Hall–Kier alpha value is -2.68. The van der Waals surface area contributed by atoms with Gasteiger partial charge in [0.1, 0.15) is 5.58 Å². The Morgan fingerprint density at radius 3 is 2.65 bits per heavy atom. The van der Waals surface area contributed by atoms with Crippen LogP contribution in [0.5, 0.6) is 0 Å². The number of hydrogen-bond donors (Lipinski definition) is 0. The summed E-state index contributed by atoms with van der Waals surface area (Å²) in [4.78, 5) is 8.89. The van der Waals surface area contributed by atoms with Crippen LogP contribution in [0.1, 0.15) is 26.5 Å². The Morgan fingerprint density at radius 1 is 1.00 bits per heavy atom. The molecule has 0 amide bonds. The van der Waals surface area contributed by atoms with Gasteiger partial charge in [0.05, 0.1) is 5.69 Å². The van der Waals surface area contributed by atoms with Crippen LogP contribution in [0.15, 0.2) is 40.9 Å². The van der Waals surface area contributed by atoms with E-state index in [0.29, 0.717) is 17.0 Å². The molecule has 114 valence electrons. The number of aromatic nitrogens is 2. The number of benzene rings is 1. The summed E-state index contributed by atoms with van der Waals surface area (Å²) >= 11 is 0. The predicted molar refractivity (Wildman–Crippen MR) is 93.7 cm³/mol. The van der Waals surface area contributed by atoms with Gasteiger partial charge in [-0.15, -0.1) is 0 Å². The first-order valence-corrected chi connectivity index (χ1v) is 7.52. The SMILES string of the molecule is [2H]C([2H])([2H])c1cnc(-c2ccc(C)c3c2oc2nc(C)ccc23)cc1C. The summed E-state index contributed by atoms with van der Waals surface area (Å²) in [7, 11) is 0. The molecule has 0 aliphatic carbocycles. The fraction of sp³-hybridized carbons (Fsp3) is 0.200. The smallest absolute Gasteiger partial charge is 0.227 e. The average molecular weight is 305 g/mol. The highest BCUT2D eigenvalue weighted by Gasteiger charge is 2.16. The second-order valence-electron chi connectivity index (χ2n) is 5.93. The zero-order chi connectivity index (χ0) is 18.6. The maximum Gasteiger partial charge on any atom is 0.227 e. The number of pyridine rings is 2. The van der Waals surface area contributed by atoms with Crippen LogP contribution in [0.3, 0.4) is 0 Å². The van der Waals surface area contributed by atoms with Gasteiger partial charge in [-0.1, -0.05) is 6.07 Å². The summed E-state index contributed by atoms with van der Waals surface area (Å²) < 4.78 is 28.9. The van der Waals surface area contributed by atoms with Gasteiger partial charge >= 0.3 is 0 Å². The van der Waals surface area contributed by atoms with Crippen LogP contribution in [-0.4, -0.2) is 9.97 Å². The van der Waals surface area contributed by atoms with E-state index < -0.39 is 6.85 Å². The molecule has 23 heavy (non-hydrogen) atoms. The maximum absolute atomic E-state index is 7.61. The molecule has 3 nitrogen and oxygen atoms in total. The fourth-order valence-electron chi connectivity index (χ4n) is 2.92. The Balaban J connectivity index is 1.99. The van der Waals surface area contributed by atoms with Crippen LogP contribution in [0.25, 0.3) is 33.3 Å². The highest BCUT2D eigenvalue weighted by molar-refractivity contribution is 6.10. The molecule has 0 radical (unpaired) electrons. The molecule has 0 saturated heterocycles. The molecule has 0 fully saturated rings. The molecule has 3 aromatic heterocycles. The first-order valence-electron chi connectivity index (χ1n) is 9.02. The molecule has 1 aromatic carbocycles. The maximum atomic E-state index is 7.61. The third-order valence-electron chi connectivity index (χ3n) is 4.22. The minimum atomic E-state index is -2.17. The van der Waals surface area contributed by atoms with Crippen LogP contribution in [0, 0.1) is 27.6 Å². The lowest BCUT2D eigenvalue weighted by atomic mass is 10.0. The van der Waals surface area contributed by atoms with E-state index in [1.807, 2.05) is 38.1 Å². The van der Waals surface area contributed by atoms with Gasteiger partial charge in [0, 0.05) is 32.3 Å². The summed E-state index contributed by atoms with van der Waals surface area (Å²) in [5, 5.41) is 1.99. The number of nitrogens with zero attached hydrogens (tertiary/aromatic N) is 2. The van der Waals surface area contributed by atoms with E-state index in [2.05, 4.69) is 9.97 Å². The van der Waals surface area contributed by atoms with Gasteiger partial charge in [-0.05, 0) is 68.6 Å². The monoisotopic (exact) mass is 305 g/mol. The van der Waals surface area contributed by atoms with Crippen molar-refractivity contribution in [3.63, 3.8) is 0 Å². The summed E-state index contributed by atoms with van der Waals surface area (Å²) in [6.45, 7) is 3.59. The number of hydrogen-bond acceptors (Lipinski definition) is 3. The van der Waals surface area contributed by atoms with Gasteiger partial charge in [0.2, 0.25) is 5.71 Å². The highest BCUT2D eigenvalue weighted by Crippen LogP contribution is 2.36. The molecule has 4 aromatic rings. The number of aryl methyl sites for hydroxylation is 4. The van der Waals surface area contributed by atoms with Crippen molar-refractivity contribution in [2.24, 2.45) is 0 Å². The topological polar surface area (TPSA) is 38.9 Å². The van der Waals surface area contributed by atoms with Crippen molar-refractivity contribution in [1.29, 1.82) is 0 Å². The lowest BCUT2D eigenvalue weighted by molar-refractivity contribution is 0.653. The zero-order valence-corrected chi connectivity index (χ0v) is 13.3. The van der Waals surface area contributed by atoms with Crippen LogP contribution < -0.4 is 0 Å². The van der Waals surface area contributed by atoms with Gasteiger partial charge in [0.15, 0.2) is 0 Å². The molecule has 0 aliphatic rings. The van der Waals surface area contributed by atoms with E-state index in [1.165, 1.54) is 6.20 Å². The van der Waals surface area contributed by atoms with Crippen molar-refractivity contribution in [2.45, 2.75) is 27.6 Å². The summed E-state index contributed by atoms with van der Waals surface area (Å²) in [5.41, 5.74) is 5.81. The molecule has 0 bridgehead atoms. The lowest BCUT2D eigenvalue weighted by Crippen LogP contribution is -1.89. The third-order valence-corrected chi connectivity index (χ3v) is 4.22. The van der Waals surface area contributed by atoms with Crippen LogP contribution in [0.4, 0.5) is 0 Å². The van der Waals surface area contributed by atoms with Crippen molar-refractivity contribution in [1.82, 2.24) is 9.97 Å². The number of furan rings is 1. The molecule has 3 heteroatoms. The van der Waals surface area contributed by atoms with Gasteiger partial charge in [-0.2, -0.15) is 0 Å². The molecule has 0 N–H and O–H groups in total. The second kappa shape index (κ2) is 4.92. The van der Waals surface area contributed by atoms with Gasteiger partial charge in [-0.25, -0.2) is 4.98 Å². The van der Waals surface area contributed by atoms with Gasteiger partial charge < -0.3 is 4.42 Å². The van der Waals surface area contributed by atoms with Gasteiger partial charge in [0.25, 0.3) is 0 Å². The Labute approximate surface area is 139 Å². The summed E-state index contributed by atoms with van der Waals surface area (Å²) in [6.07, 6.45) is 1.44. The van der Waals surface area contributed by atoms with Gasteiger partial charge in [-0.3, -0.25) is 4.98 Å². The number of rotatable bonds is 1. The van der Waals surface area contributed by atoms with Crippen molar-refractivity contribution < 1.29 is 8.53 Å². The standard InChI is InChI=1S/C20H18N2O/c1-11-5-7-15(17-9-12(2)13(3)10-21-17)19-18(11)16-8-6-14(4)22-20(16)23-19/h5-10H,1-4H3/i3D3. The Morgan fingerprint density at radius 2 is 1.87 bits per heavy atom. The summed E-state index contributed by atoms with van der Waals surface area (Å²) in [5.74, 6) is 0. The van der Waals surface area contributed by atoms with E-state index >= 15 is 0 Å². The third kappa shape index (κ3) is 2.12. The van der Waals surface area contributed by atoms with E-state index in [0.717, 1.165) is 33.2 Å². The molecular formula is C20H18N2O. The molecule has 0 atom stereocenters. The minimum absolute atomic E-state index is 0.270. The minimum Gasteiger partial charge on any atom is -0.437 e. The molecule has 0 unspecified atom stereocenters. The van der Waals surface area contributed by atoms with E-state index in [-0.39, 0.29) is 5.56 Å². The molecule has 0 aliphatic heterocycles. The van der Waals surface area contributed by atoms with E-state index in [9.17, 15) is 0 Å². The second-order valence-corrected chi connectivity index (χ2v) is 5.93. The molecule has 0 spiro atoms. The van der Waals surface area contributed by atoms with Crippen molar-refractivity contribution >= 4 is 22.1 Å². The molecular weight excluding hydrogens is 284 g/mol. The Bertz CT molecular complexity index is 1160. The predicted octanol–water partition coefficient (Wildman–Crippen LogP) is 5.28. The van der Waals surface area contributed by atoms with E-state index in [1.54, 1.807) is 13.0 Å². The van der Waals surface area contributed by atoms with Crippen molar-refractivity contribution in [3.05, 3.63) is 58.9 Å². The Kier molecular flexibility index (Phi) is 2.34. The summed E-state index contributed by atoms with van der Waals surface area (Å²) in [6, 6.07) is 9.79. The van der Waals surface area contributed by atoms with Crippen LogP contribution in [-0.2, 0) is 0 Å². The van der Waals surface area contributed by atoms with E-state index in [4.69, 9.17) is 8.53 Å². The first kappa shape index (κ1) is 10.9. The highest BCUT2D eigenvalue weighted by atomic mass is 16.3. The van der Waals surface area contributed by atoms with Crippen molar-refractivity contribution in [3.8, 4) is 11.3 Å². The number of fused-ring (bicyclic) bond motifs is 3. The largest absolute Gasteiger partial charge is 0.437 e. The normalized spacial score (nSPS) is 14.0. The molecule has 3 heterocycles. The molecule has 4 rings (SSSR count). The zero-order valence-electron chi connectivity index (χ0n) is 16.3. The quantitative estimate of drug-likeness (QED) is 0.480. The molecule has 0 saturated carbocycles. The van der Waals surface area contributed by atoms with Crippen molar-refractivity contribution in [2.75, 3.05) is 0 Å².